The van der Waals surface area contributed by atoms with Gasteiger partial charge in [0.1, 0.15) is 11.5 Å². The number of ether oxygens (including phenoxy) is 4. The Morgan fingerprint density at radius 2 is 1.60 bits per heavy atom. The van der Waals surface area contributed by atoms with Gasteiger partial charge in [-0.05, 0) is 22.9 Å². The van der Waals surface area contributed by atoms with Gasteiger partial charge in [0, 0.05) is 18.2 Å². The van der Waals surface area contributed by atoms with E-state index in [4.69, 9.17) is 18.9 Å². The van der Waals surface area contributed by atoms with E-state index in [0.29, 0.717) is 28.6 Å². The van der Waals surface area contributed by atoms with Crippen molar-refractivity contribution < 1.29 is 28.5 Å². The van der Waals surface area contributed by atoms with Gasteiger partial charge in [0.15, 0.2) is 24.4 Å². The number of carbonyl (C=O) groups excluding carboxylic acids is 2. The molecular weight excluding hydrogens is 386 g/mol. The molecule has 3 aromatic carbocycles. The first-order valence-electron chi connectivity index (χ1n) is 9.26. The quantitative estimate of drug-likeness (QED) is 0.546. The summed E-state index contributed by atoms with van der Waals surface area (Å²) in [4.78, 5) is 23.9. The Morgan fingerprint density at radius 1 is 0.900 bits per heavy atom. The average molecular weight is 409 g/mol. The summed E-state index contributed by atoms with van der Waals surface area (Å²) in [6.07, 6.45) is 0.740. The van der Waals surface area contributed by atoms with Gasteiger partial charge < -0.3 is 24.3 Å². The van der Waals surface area contributed by atoms with Crippen LogP contribution in [0.15, 0.2) is 48.5 Å². The second kappa shape index (κ2) is 9.65. The predicted molar refractivity (Wildman–Crippen MR) is 113 cm³/mol. The van der Waals surface area contributed by atoms with E-state index in [1.165, 1.54) is 21.3 Å². The molecule has 3 aromatic rings. The molecule has 0 bridgehead atoms. The van der Waals surface area contributed by atoms with Crippen molar-refractivity contribution in [2.75, 3.05) is 27.9 Å². The lowest BCUT2D eigenvalue weighted by Gasteiger charge is -2.15. The van der Waals surface area contributed by atoms with Gasteiger partial charge >= 0.3 is 0 Å². The molecule has 1 N–H and O–H groups in total. The molecule has 0 fully saturated rings. The Hall–Kier alpha value is -3.74. The third kappa shape index (κ3) is 4.46. The topological polar surface area (TPSA) is 83.1 Å². The molecule has 0 spiro atoms. The van der Waals surface area contributed by atoms with Gasteiger partial charge in [0.2, 0.25) is 0 Å². The molecule has 0 saturated carbocycles. The summed E-state index contributed by atoms with van der Waals surface area (Å²) < 4.78 is 21.5. The van der Waals surface area contributed by atoms with Crippen molar-refractivity contribution in [3.05, 3.63) is 59.7 Å². The van der Waals surface area contributed by atoms with Crippen molar-refractivity contribution in [1.82, 2.24) is 5.32 Å². The van der Waals surface area contributed by atoms with Crippen LogP contribution in [-0.2, 0) is 11.3 Å². The first-order chi connectivity index (χ1) is 14.6. The predicted octanol–water partition coefficient (Wildman–Crippen LogP) is 3.37. The highest BCUT2D eigenvalue weighted by atomic mass is 16.5. The zero-order valence-corrected chi connectivity index (χ0v) is 17.1. The van der Waals surface area contributed by atoms with Crippen molar-refractivity contribution in [1.29, 1.82) is 0 Å². The van der Waals surface area contributed by atoms with Crippen molar-refractivity contribution in [3.63, 3.8) is 0 Å². The minimum absolute atomic E-state index is 0.212. The van der Waals surface area contributed by atoms with Crippen molar-refractivity contribution >= 4 is 23.0 Å². The van der Waals surface area contributed by atoms with Crippen LogP contribution in [0.5, 0.6) is 23.0 Å². The Kier molecular flexibility index (Phi) is 6.75. The van der Waals surface area contributed by atoms with Gasteiger partial charge in [-0.1, -0.05) is 30.3 Å². The zero-order chi connectivity index (χ0) is 21.5. The monoisotopic (exact) mass is 409 g/mol. The number of aldehydes is 1. The first kappa shape index (κ1) is 21.0. The molecule has 0 aliphatic carbocycles. The van der Waals surface area contributed by atoms with Gasteiger partial charge in [0.05, 0.1) is 26.9 Å². The van der Waals surface area contributed by atoms with Gasteiger partial charge in [-0.2, -0.15) is 0 Å². The largest absolute Gasteiger partial charge is 0.496 e. The summed E-state index contributed by atoms with van der Waals surface area (Å²) in [5.74, 6) is 1.65. The van der Waals surface area contributed by atoms with Crippen molar-refractivity contribution in [3.8, 4) is 23.0 Å². The number of amides is 1. The number of rotatable bonds is 9. The van der Waals surface area contributed by atoms with Gasteiger partial charge in [-0.25, -0.2) is 0 Å². The Morgan fingerprint density at radius 3 is 2.30 bits per heavy atom. The van der Waals surface area contributed by atoms with Crippen LogP contribution in [0.2, 0.25) is 0 Å². The number of hydrogen-bond donors (Lipinski definition) is 1. The van der Waals surface area contributed by atoms with Crippen LogP contribution in [0.4, 0.5) is 0 Å². The Labute approximate surface area is 174 Å². The fourth-order valence-corrected chi connectivity index (χ4v) is 3.14. The van der Waals surface area contributed by atoms with E-state index < -0.39 is 0 Å². The lowest BCUT2D eigenvalue weighted by Crippen LogP contribution is -2.28. The SMILES string of the molecule is COc1cc(OC)c(OC)cc1CNC(=O)COc1ccc2ccccc2c1C=O. The summed E-state index contributed by atoms with van der Waals surface area (Å²) in [6, 6.07) is 14.5. The zero-order valence-electron chi connectivity index (χ0n) is 17.1. The van der Waals surface area contributed by atoms with E-state index in [1.807, 2.05) is 30.3 Å². The molecule has 3 rings (SSSR count). The van der Waals surface area contributed by atoms with Crippen molar-refractivity contribution in [2.24, 2.45) is 0 Å². The lowest BCUT2D eigenvalue weighted by atomic mass is 10.0. The van der Waals surface area contributed by atoms with Gasteiger partial charge in [-0.3, -0.25) is 9.59 Å². The van der Waals surface area contributed by atoms with E-state index in [-0.39, 0.29) is 19.1 Å². The smallest absolute Gasteiger partial charge is 0.258 e. The summed E-state index contributed by atoms with van der Waals surface area (Å²) in [5, 5.41) is 4.48. The minimum Gasteiger partial charge on any atom is -0.496 e. The van der Waals surface area contributed by atoms with Crippen LogP contribution < -0.4 is 24.3 Å². The molecule has 0 atom stereocenters. The van der Waals surface area contributed by atoms with Crippen LogP contribution >= 0.6 is 0 Å². The van der Waals surface area contributed by atoms with Crippen LogP contribution in [0.3, 0.4) is 0 Å². The average Bonchev–Trinajstić information content (AvgIpc) is 2.80. The number of methoxy groups -OCH3 is 3. The fraction of sp³-hybridized carbons (Fsp3) is 0.217. The maximum Gasteiger partial charge on any atom is 0.258 e. The summed E-state index contributed by atoms with van der Waals surface area (Å²) in [5.41, 5.74) is 1.14. The molecule has 0 aliphatic heterocycles. The molecule has 30 heavy (non-hydrogen) atoms. The molecule has 1 amide bonds. The fourth-order valence-electron chi connectivity index (χ4n) is 3.14. The van der Waals surface area contributed by atoms with Gasteiger partial charge in [0.25, 0.3) is 5.91 Å². The second-order valence-electron chi connectivity index (χ2n) is 6.40. The number of nitrogens with one attached hydrogen (secondary N) is 1. The van der Waals surface area contributed by atoms with E-state index in [0.717, 1.165) is 22.6 Å². The molecule has 7 nitrogen and oxygen atoms in total. The highest BCUT2D eigenvalue weighted by Gasteiger charge is 2.14. The van der Waals surface area contributed by atoms with Crippen molar-refractivity contribution in [2.45, 2.75) is 6.54 Å². The molecule has 0 radical (unpaired) electrons. The van der Waals surface area contributed by atoms with Crippen LogP contribution in [0.25, 0.3) is 10.8 Å². The molecule has 0 aromatic heterocycles. The van der Waals surface area contributed by atoms with E-state index in [1.54, 1.807) is 18.2 Å². The third-order valence-electron chi connectivity index (χ3n) is 4.67. The number of carbonyl (C=O) groups is 2. The van der Waals surface area contributed by atoms with E-state index in [2.05, 4.69) is 5.32 Å². The number of hydrogen-bond acceptors (Lipinski definition) is 6. The summed E-state index contributed by atoms with van der Waals surface area (Å²) >= 11 is 0. The number of benzene rings is 3. The Balaban J connectivity index is 1.67. The maximum absolute atomic E-state index is 12.3. The normalized spacial score (nSPS) is 10.4. The molecule has 0 saturated heterocycles. The molecule has 0 heterocycles. The minimum atomic E-state index is -0.336. The van der Waals surface area contributed by atoms with Crippen LogP contribution in [0, 0.1) is 0 Å². The third-order valence-corrected chi connectivity index (χ3v) is 4.67. The Bertz CT molecular complexity index is 1060. The second-order valence-corrected chi connectivity index (χ2v) is 6.40. The maximum atomic E-state index is 12.3. The molecule has 0 unspecified atom stereocenters. The molecular formula is C23H23NO6. The van der Waals surface area contributed by atoms with Crippen LogP contribution in [-0.4, -0.2) is 40.1 Å². The standard InChI is InChI=1S/C23H23NO6/c1-27-20-11-22(29-3)21(28-2)10-16(20)12-24-23(26)14-30-19-9-8-15-6-4-5-7-17(15)18(19)13-25/h4-11,13H,12,14H2,1-3H3,(H,24,26). The highest BCUT2D eigenvalue weighted by molar-refractivity contribution is 6.00. The lowest BCUT2D eigenvalue weighted by molar-refractivity contribution is -0.123. The van der Waals surface area contributed by atoms with E-state index in [9.17, 15) is 9.59 Å². The first-order valence-corrected chi connectivity index (χ1v) is 9.26. The summed E-state index contributed by atoms with van der Waals surface area (Å²) in [7, 11) is 4.61. The van der Waals surface area contributed by atoms with Crippen LogP contribution in [0.1, 0.15) is 15.9 Å². The summed E-state index contributed by atoms with van der Waals surface area (Å²) in [6.45, 7) is -0.0151. The molecule has 0 aliphatic rings. The number of fused-ring (bicyclic) bond motifs is 1. The molecule has 156 valence electrons. The van der Waals surface area contributed by atoms with E-state index >= 15 is 0 Å². The van der Waals surface area contributed by atoms with Gasteiger partial charge in [-0.15, -0.1) is 0 Å². The molecule has 7 heteroatoms. The highest BCUT2D eigenvalue weighted by Crippen LogP contribution is 2.34.